The lowest BCUT2D eigenvalue weighted by Crippen LogP contribution is -2.14. The van der Waals surface area contributed by atoms with Crippen LogP contribution in [-0.2, 0) is 10.5 Å². The van der Waals surface area contributed by atoms with E-state index in [0.717, 1.165) is 16.9 Å². The van der Waals surface area contributed by atoms with Crippen LogP contribution in [0.3, 0.4) is 0 Å². The maximum atomic E-state index is 12.5. The Morgan fingerprint density at radius 3 is 2.76 bits per heavy atom. The second kappa shape index (κ2) is 8.71. The number of nitrogens with zero attached hydrogens (tertiary/aromatic N) is 2. The highest BCUT2D eigenvalue weighted by atomic mass is 32.2. The van der Waals surface area contributed by atoms with E-state index in [4.69, 9.17) is 5.11 Å². The summed E-state index contributed by atoms with van der Waals surface area (Å²) in [6.07, 6.45) is 1.75. The Kier molecular flexibility index (Phi) is 6.64. The van der Waals surface area contributed by atoms with Gasteiger partial charge >= 0.3 is 5.97 Å². The molecule has 0 bridgehead atoms. The highest BCUT2D eigenvalue weighted by molar-refractivity contribution is 7.98. The topological polar surface area (TPSA) is 84.2 Å². The molecule has 0 atom stereocenters. The van der Waals surface area contributed by atoms with Gasteiger partial charge in [-0.3, -0.25) is 14.3 Å². The number of thioether (sulfide) groups is 1. The van der Waals surface area contributed by atoms with E-state index in [-0.39, 0.29) is 18.4 Å². The number of carbonyl (C=O) groups excluding carboxylic acids is 1. The number of hydrogen-bond acceptors (Lipinski definition) is 4. The van der Waals surface area contributed by atoms with Crippen LogP contribution in [0.4, 0.5) is 5.69 Å². The van der Waals surface area contributed by atoms with E-state index >= 15 is 0 Å². The molecule has 0 radical (unpaired) electrons. The SMILES string of the molecule is Cc1c(C(=O)Nc2cccc(CSCCC(=O)O)c2)cnn1C(C)C. The molecule has 1 amide bonds. The number of nitrogens with one attached hydrogen (secondary N) is 1. The zero-order valence-corrected chi connectivity index (χ0v) is 15.5. The van der Waals surface area contributed by atoms with Gasteiger partial charge in [-0.1, -0.05) is 12.1 Å². The van der Waals surface area contributed by atoms with E-state index in [1.165, 1.54) is 0 Å². The predicted molar refractivity (Wildman–Crippen MR) is 100 cm³/mol. The first-order chi connectivity index (χ1) is 11.9. The lowest BCUT2D eigenvalue weighted by Gasteiger charge is -2.10. The fourth-order valence-corrected chi connectivity index (χ4v) is 3.33. The summed E-state index contributed by atoms with van der Waals surface area (Å²) in [6.45, 7) is 5.93. The van der Waals surface area contributed by atoms with Crippen molar-refractivity contribution in [2.24, 2.45) is 0 Å². The average Bonchev–Trinajstić information content (AvgIpc) is 2.93. The van der Waals surface area contributed by atoms with Crippen LogP contribution in [0.2, 0.25) is 0 Å². The Balaban J connectivity index is 1.99. The van der Waals surface area contributed by atoms with E-state index in [1.807, 2.05) is 49.7 Å². The van der Waals surface area contributed by atoms with Crippen LogP contribution >= 0.6 is 11.8 Å². The van der Waals surface area contributed by atoms with E-state index in [9.17, 15) is 9.59 Å². The van der Waals surface area contributed by atoms with Gasteiger partial charge in [-0.15, -0.1) is 0 Å². The van der Waals surface area contributed by atoms with E-state index in [2.05, 4.69) is 10.4 Å². The Bertz CT molecular complexity index is 756. The molecule has 0 aliphatic carbocycles. The molecular formula is C18H23N3O3S. The second-order valence-electron chi connectivity index (χ2n) is 6.03. The van der Waals surface area contributed by atoms with Crippen molar-refractivity contribution in [1.29, 1.82) is 0 Å². The number of anilines is 1. The molecule has 134 valence electrons. The van der Waals surface area contributed by atoms with Crippen LogP contribution < -0.4 is 5.32 Å². The molecule has 1 aromatic heterocycles. The Labute approximate surface area is 151 Å². The number of carbonyl (C=O) groups is 2. The molecule has 1 heterocycles. The zero-order valence-electron chi connectivity index (χ0n) is 14.7. The molecule has 0 saturated heterocycles. The van der Waals surface area contributed by atoms with Crippen molar-refractivity contribution in [2.45, 2.75) is 39.0 Å². The smallest absolute Gasteiger partial charge is 0.304 e. The third-order valence-electron chi connectivity index (χ3n) is 3.69. The van der Waals surface area contributed by atoms with E-state index in [1.54, 1.807) is 18.0 Å². The van der Waals surface area contributed by atoms with Gasteiger partial charge in [-0.2, -0.15) is 16.9 Å². The molecule has 25 heavy (non-hydrogen) atoms. The Morgan fingerprint density at radius 1 is 1.36 bits per heavy atom. The number of rotatable bonds is 8. The fraction of sp³-hybridized carbons (Fsp3) is 0.389. The van der Waals surface area contributed by atoms with E-state index < -0.39 is 5.97 Å². The molecule has 6 nitrogen and oxygen atoms in total. The molecular weight excluding hydrogens is 338 g/mol. The number of carboxylic acid groups (broad SMARTS) is 1. The first-order valence-electron chi connectivity index (χ1n) is 8.12. The van der Waals surface area contributed by atoms with Gasteiger partial charge < -0.3 is 10.4 Å². The molecule has 0 aliphatic rings. The maximum absolute atomic E-state index is 12.5. The minimum Gasteiger partial charge on any atom is -0.481 e. The van der Waals surface area contributed by atoms with Crippen molar-refractivity contribution in [3.8, 4) is 0 Å². The van der Waals surface area contributed by atoms with Crippen LogP contribution in [0, 0.1) is 6.92 Å². The number of aromatic nitrogens is 2. The summed E-state index contributed by atoms with van der Waals surface area (Å²) in [7, 11) is 0. The minimum absolute atomic E-state index is 0.153. The first kappa shape index (κ1) is 19.1. The van der Waals surface area contributed by atoms with E-state index in [0.29, 0.717) is 17.1 Å². The molecule has 0 aliphatic heterocycles. The molecule has 1 aromatic carbocycles. The third kappa shape index (κ3) is 5.35. The second-order valence-corrected chi connectivity index (χ2v) is 7.14. The van der Waals surface area contributed by atoms with Crippen LogP contribution in [0.1, 0.15) is 47.9 Å². The fourth-order valence-electron chi connectivity index (χ4n) is 2.45. The van der Waals surface area contributed by atoms with Crippen LogP contribution in [-0.4, -0.2) is 32.5 Å². The minimum atomic E-state index is -0.786. The highest BCUT2D eigenvalue weighted by Gasteiger charge is 2.15. The standard InChI is InChI=1S/C18H23N3O3S/c1-12(2)21-13(3)16(10-19-21)18(24)20-15-6-4-5-14(9-15)11-25-8-7-17(22)23/h4-6,9-10,12H,7-8,11H2,1-3H3,(H,20,24)(H,22,23). The molecule has 2 aromatic rings. The summed E-state index contributed by atoms with van der Waals surface area (Å²) in [5.41, 5.74) is 3.17. The molecule has 2 N–H and O–H groups in total. The summed E-state index contributed by atoms with van der Waals surface area (Å²) in [5, 5.41) is 15.8. The quantitative estimate of drug-likeness (QED) is 0.700. The Hall–Kier alpha value is -2.28. The number of amides is 1. The number of benzene rings is 1. The van der Waals surface area contributed by atoms with Gasteiger partial charge in [0, 0.05) is 28.9 Å². The van der Waals surface area contributed by atoms with Gasteiger partial charge in [0.25, 0.3) is 5.91 Å². The monoisotopic (exact) mass is 361 g/mol. The average molecular weight is 361 g/mol. The number of aliphatic carboxylic acids is 1. The number of carboxylic acids is 1. The zero-order chi connectivity index (χ0) is 18.4. The molecule has 7 heteroatoms. The van der Waals surface area contributed by atoms with Crippen molar-refractivity contribution in [3.05, 3.63) is 47.3 Å². The normalized spacial score (nSPS) is 10.9. The van der Waals surface area contributed by atoms with Crippen LogP contribution in [0.15, 0.2) is 30.5 Å². The lowest BCUT2D eigenvalue weighted by molar-refractivity contribution is -0.136. The first-order valence-corrected chi connectivity index (χ1v) is 9.28. The lowest BCUT2D eigenvalue weighted by atomic mass is 10.2. The van der Waals surface area contributed by atoms with Crippen molar-refractivity contribution in [1.82, 2.24) is 9.78 Å². The molecule has 0 fully saturated rings. The number of hydrogen-bond donors (Lipinski definition) is 2. The highest BCUT2D eigenvalue weighted by Crippen LogP contribution is 2.19. The molecule has 0 spiro atoms. The van der Waals surface area contributed by atoms with Gasteiger partial charge in [0.05, 0.1) is 18.2 Å². The molecule has 2 rings (SSSR count). The van der Waals surface area contributed by atoms with Crippen molar-refractivity contribution < 1.29 is 14.7 Å². The summed E-state index contributed by atoms with van der Waals surface area (Å²) in [4.78, 5) is 23.0. The van der Waals surface area contributed by atoms with Gasteiger partial charge in [0.15, 0.2) is 0 Å². The van der Waals surface area contributed by atoms with Gasteiger partial charge in [-0.05, 0) is 38.5 Å². The predicted octanol–water partition coefficient (Wildman–Crippen LogP) is 3.73. The maximum Gasteiger partial charge on any atom is 0.304 e. The Morgan fingerprint density at radius 2 is 2.12 bits per heavy atom. The largest absolute Gasteiger partial charge is 0.481 e. The summed E-state index contributed by atoms with van der Waals surface area (Å²) in [6, 6.07) is 7.80. The van der Waals surface area contributed by atoms with Crippen molar-refractivity contribution in [3.63, 3.8) is 0 Å². The van der Waals surface area contributed by atoms with Crippen LogP contribution in [0.25, 0.3) is 0 Å². The van der Waals surface area contributed by atoms with Gasteiger partial charge in [0.1, 0.15) is 0 Å². The third-order valence-corrected chi connectivity index (χ3v) is 4.72. The van der Waals surface area contributed by atoms with Crippen molar-refractivity contribution in [2.75, 3.05) is 11.1 Å². The summed E-state index contributed by atoms with van der Waals surface area (Å²) in [5.74, 6) is 0.312. The van der Waals surface area contributed by atoms with Crippen LogP contribution in [0.5, 0.6) is 0 Å². The van der Waals surface area contributed by atoms with Crippen molar-refractivity contribution >= 4 is 29.3 Å². The summed E-state index contributed by atoms with van der Waals surface area (Å²) >= 11 is 1.56. The van der Waals surface area contributed by atoms with Gasteiger partial charge in [0.2, 0.25) is 0 Å². The van der Waals surface area contributed by atoms with Gasteiger partial charge in [-0.25, -0.2) is 0 Å². The molecule has 0 unspecified atom stereocenters. The molecule has 0 saturated carbocycles. The summed E-state index contributed by atoms with van der Waals surface area (Å²) < 4.78 is 1.82.